The number of alkyl halides is 3. The van der Waals surface area contributed by atoms with Crippen LogP contribution in [0, 0.1) is 13.8 Å². The summed E-state index contributed by atoms with van der Waals surface area (Å²) in [5.74, 6) is -2.99. The van der Waals surface area contributed by atoms with Gasteiger partial charge in [-0.2, -0.15) is 18.2 Å². The summed E-state index contributed by atoms with van der Waals surface area (Å²) in [6.45, 7) is 3.89. The molecule has 0 bridgehead atoms. The number of ether oxygens (including phenoxy) is 1. The van der Waals surface area contributed by atoms with Crippen LogP contribution in [0.3, 0.4) is 0 Å². The first kappa shape index (κ1) is 29.2. The van der Waals surface area contributed by atoms with Crippen LogP contribution >= 0.6 is 0 Å². The molecule has 0 radical (unpaired) electrons. The number of carbonyl (C=O) groups excluding carboxylic acids is 2. The Morgan fingerprint density at radius 2 is 1.67 bits per heavy atom. The molecule has 3 aromatic carbocycles. The lowest BCUT2D eigenvalue weighted by Gasteiger charge is -2.21. The summed E-state index contributed by atoms with van der Waals surface area (Å²) in [5, 5.41) is 3.14. The molecule has 2 aromatic heterocycles. The number of hydrogen-bond donors (Lipinski definition) is 2. The summed E-state index contributed by atoms with van der Waals surface area (Å²) < 4.78 is 43.0. The van der Waals surface area contributed by atoms with Crippen LogP contribution in [0.4, 0.5) is 19.0 Å². The van der Waals surface area contributed by atoms with E-state index in [1.165, 1.54) is 6.20 Å². The molecule has 0 spiro atoms. The zero-order valence-corrected chi connectivity index (χ0v) is 23.1. The normalized spacial score (nSPS) is 12.2. The topological polar surface area (TPSA) is 119 Å². The van der Waals surface area contributed by atoms with Crippen LogP contribution in [0.15, 0.2) is 83.8 Å². The molecule has 2 N–H and O–H groups in total. The molecule has 9 nitrogen and oxygen atoms in total. The van der Waals surface area contributed by atoms with Crippen molar-refractivity contribution in [3.8, 4) is 11.4 Å². The average Bonchev–Trinajstić information content (AvgIpc) is 3.41. The van der Waals surface area contributed by atoms with Crippen molar-refractivity contribution in [3.05, 3.63) is 112 Å². The van der Waals surface area contributed by atoms with Crippen LogP contribution < -0.4 is 11.0 Å². The number of aryl methyl sites for hydroxylation is 2. The number of nitrogens with one attached hydrogen (secondary N) is 2. The molecule has 0 saturated carbocycles. The minimum absolute atomic E-state index is 0.306. The second-order valence-electron chi connectivity index (χ2n) is 10.0. The van der Waals surface area contributed by atoms with E-state index in [1.54, 1.807) is 31.2 Å². The largest absolute Gasteiger partial charge is 0.491 e. The summed E-state index contributed by atoms with van der Waals surface area (Å²) in [6.07, 6.45) is -4.56. The number of rotatable bonds is 8. The molecule has 0 aliphatic heterocycles. The van der Waals surface area contributed by atoms with E-state index in [1.807, 2.05) is 55.5 Å². The van der Waals surface area contributed by atoms with Crippen molar-refractivity contribution in [2.45, 2.75) is 39.0 Å². The fourth-order valence-electron chi connectivity index (χ4n) is 4.55. The predicted octanol–water partition coefficient (Wildman–Crippen LogP) is 5.63. The van der Waals surface area contributed by atoms with Crippen molar-refractivity contribution in [1.29, 1.82) is 0 Å². The summed E-state index contributed by atoms with van der Waals surface area (Å²) in [4.78, 5) is 48.7. The maximum atomic E-state index is 13.1. The first-order valence-electron chi connectivity index (χ1n) is 13.2. The number of aromatic nitrogens is 4. The Hall–Kier alpha value is -5.26. The van der Waals surface area contributed by atoms with Gasteiger partial charge in [0.2, 0.25) is 0 Å². The van der Waals surface area contributed by atoms with Crippen LogP contribution in [-0.4, -0.2) is 37.6 Å². The van der Waals surface area contributed by atoms with E-state index in [4.69, 9.17) is 0 Å². The van der Waals surface area contributed by atoms with E-state index in [0.717, 1.165) is 38.1 Å². The van der Waals surface area contributed by atoms with Gasteiger partial charge in [-0.1, -0.05) is 66.2 Å². The van der Waals surface area contributed by atoms with Gasteiger partial charge in [0.1, 0.15) is 11.6 Å². The molecule has 12 heteroatoms. The number of hydrogen-bond acceptors (Lipinski definition) is 7. The van der Waals surface area contributed by atoms with E-state index >= 15 is 0 Å². The van der Waals surface area contributed by atoms with Gasteiger partial charge in [-0.3, -0.25) is 9.36 Å². The molecule has 0 fully saturated rings. The fraction of sp³-hybridized carbons (Fsp3) is 0.194. The molecule has 2 heterocycles. The smallest absolute Gasteiger partial charge is 0.386 e. The molecule has 0 aliphatic carbocycles. The maximum Gasteiger partial charge on any atom is 0.491 e. The van der Waals surface area contributed by atoms with Crippen molar-refractivity contribution in [2.75, 3.05) is 5.32 Å². The van der Waals surface area contributed by atoms with Gasteiger partial charge in [-0.05, 0) is 37.1 Å². The molecule has 220 valence electrons. The number of aromatic amines is 1. The lowest BCUT2D eigenvalue weighted by molar-refractivity contribution is -0.202. The lowest BCUT2D eigenvalue weighted by atomic mass is 10.0. The zero-order valence-electron chi connectivity index (χ0n) is 23.1. The van der Waals surface area contributed by atoms with Gasteiger partial charge >= 0.3 is 23.8 Å². The van der Waals surface area contributed by atoms with Gasteiger partial charge in [0.05, 0.1) is 23.5 Å². The van der Waals surface area contributed by atoms with E-state index in [0.29, 0.717) is 23.5 Å². The molecular weight excluding hydrogens is 563 g/mol. The minimum Gasteiger partial charge on any atom is -0.386 e. The third kappa shape index (κ3) is 6.80. The number of imidazole rings is 1. The van der Waals surface area contributed by atoms with Crippen LogP contribution in [-0.2, 0) is 20.9 Å². The number of H-pyrrole nitrogens is 1. The van der Waals surface area contributed by atoms with Crippen molar-refractivity contribution >= 4 is 28.8 Å². The highest BCUT2D eigenvalue weighted by molar-refractivity contribution is 5.88. The molecule has 5 aromatic rings. The third-order valence-corrected chi connectivity index (χ3v) is 6.81. The first-order chi connectivity index (χ1) is 20.5. The number of benzene rings is 3. The van der Waals surface area contributed by atoms with Gasteiger partial charge in [-0.25, -0.2) is 14.6 Å². The second kappa shape index (κ2) is 11.9. The van der Waals surface area contributed by atoms with Gasteiger partial charge in [0.25, 0.3) is 0 Å². The van der Waals surface area contributed by atoms with Crippen LogP contribution in [0.5, 0.6) is 0 Å². The molecule has 1 unspecified atom stereocenters. The monoisotopic (exact) mass is 589 g/mol. The van der Waals surface area contributed by atoms with Crippen molar-refractivity contribution in [2.24, 2.45) is 0 Å². The number of carbonyl (C=O) groups is 2. The summed E-state index contributed by atoms with van der Waals surface area (Å²) in [5.41, 5.74) is 4.80. The Bertz CT molecular complexity index is 1810. The Morgan fingerprint density at radius 1 is 0.977 bits per heavy atom. The first-order valence-corrected chi connectivity index (χ1v) is 13.2. The van der Waals surface area contributed by atoms with Crippen molar-refractivity contribution in [3.63, 3.8) is 0 Å². The van der Waals surface area contributed by atoms with Crippen LogP contribution in [0.1, 0.15) is 34.7 Å². The van der Waals surface area contributed by atoms with Gasteiger partial charge in [0, 0.05) is 23.9 Å². The zero-order chi connectivity index (χ0) is 30.7. The van der Waals surface area contributed by atoms with E-state index in [2.05, 4.69) is 25.0 Å². The average molecular weight is 590 g/mol. The molecular formula is C31H26F3N5O4. The molecule has 5 rings (SSSR count). The summed E-state index contributed by atoms with van der Waals surface area (Å²) in [6, 6.07) is 21.1. The van der Waals surface area contributed by atoms with Crippen LogP contribution in [0.25, 0.3) is 22.4 Å². The van der Waals surface area contributed by atoms with Gasteiger partial charge in [-0.15, -0.1) is 0 Å². The number of fused-ring (bicyclic) bond motifs is 1. The Kier molecular flexibility index (Phi) is 8.11. The predicted molar refractivity (Wildman–Crippen MR) is 153 cm³/mol. The van der Waals surface area contributed by atoms with E-state index < -0.39 is 36.3 Å². The highest BCUT2D eigenvalue weighted by Crippen LogP contribution is 2.25. The summed E-state index contributed by atoms with van der Waals surface area (Å²) >= 11 is 0. The molecule has 0 aliphatic rings. The third-order valence-electron chi connectivity index (χ3n) is 6.81. The lowest BCUT2D eigenvalue weighted by Crippen LogP contribution is -2.32. The number of nitrogens with zero attached hydrogens (tertiary/aromatic N) is 3. The maximum absolute atomic E-state index is 13.1. The van der Waals surface area contributed by atoms with Crippen molar-refractivity contribution in [1.82, 2.24) is 19.5 Å². The minimum atomic E-state index is -5.33. The second-order valence-corrected chi connectivity index (χ2v) is 10.0. The summed E-state index contributed by atoms with van der Waals surface area (Å²) in [7, 11) is 0. The molecule has 1 atom stereocenters. The van der Waals surface area contributed by atoms with Crippen LogP contribution in [0.2, 0.25) is 0 Å². The quantitative estimate of drug-likeness (QED) is 0.178. The fourth-order valence-corrected chi connectivity index (χ4v) is 4.55. The van der Waals surface area contributed by atoms with Crippen molar-refractivity contribution < 1.29 is 27.5 Å². The number of para-hydroxylation sites is 2. The highest BCUT2D eigenvalue weighted by Gasteiger charge is 2.42. The standard InChI is InChI=1S/C31H26F3N5O4/c1-18-7-11-21(12-8-18)25(15-26(40)43-29(41)31(32,33)34)39-17-19(2)27(38-30(39)42)35-16-20-9-13-22(14-10-20)28-36-23-5-3-4-6-24(23)37-28/h3-14,17,25H,15-16H2,1-2H3,(H,36,37)(H,35,38,42). The van der Waals surface area contributed by atoms with Gasteiger partial charge in [0.15, 0.2) is 0 Å². The SMILES string of the molecule is Cc1ccc(C(CC(=O)OC(=O)C(F)(F)F)n2cc(C)c(NCc3ccc(-c4nc5ccccc5[nH]4)cc3)nc2=O)cc1. The number of halogens is 3. The molecule has 43 heavy (non-hydrogen) atoms. The Labute approximate surface area is 243 Å². The van der Waals surface area contributed by atoms with E-state index in [-0.39, 0.29) is 0 Å². The number of esters is 2. The molecule has 0 amide bonds. The Morgan fingerprint density at radius 3 is 2.35 bits per heavy atom. The highest BCUT2D eigenvalue weighted by atomic mass is 19.4. The van der Waals surface area contributed by atoms with Gasteiger partial charge < -0.3 is 15.0 Å². The van der Waals surface area contributed by atoms with E-state index in [9.17, 15) is 27.6 Å². The molecule has 0 saturated heterocycles. The number of anilines is 1. The Balaban J connectivity index is 1.33.